The monoisotopic (exact) mass is 366 g/mol. The molecule has 0 atom stereocenters. The maximum atomic E-state index is 12.8. The number of hydrogen-bond donors (Lipinski definition) is 0. The number of rotatable bonds is 7. The highest BCUT2D eigenvalue weighted by Gasteiger charge is 2.24. The molecular formula is C22H30N4O. The molecule has 0 unspecified atom stereocenters. The quantitative estimate of drug-likeness (QED) is 0.748. The minimum Gasteiger partial charge on any atom is -0.344 e. The third kappa shape index (κ3) is 5.28. The minimum atomic E-state index is 0.0518. The average Bonchev–Trinajstić information content (AvgIpc) is 2.73. The number of anilines is 1. The number of benzene rings is 1. The van der Waals surface area contributed by atoms with E-state index in [0.29, 0.717) is 17.4 Å². The number of carbonyl (C=O) groups excluding carboxylic acids is 1. The number of carbonyl (C=O) groups is 1. The Morgan fingerprint density at radius 2 is 1.81 bits per heavy atom. The van der Waals surface area contributed by atoms with Crippen LogP contribution in [0.5, 0.6) is 0 Å². The topological polar surface area (TPSA) is 49.3 Å². The lowest BCUT2D eigenvalue weighted by Gasteiger charge is -2.32. The molecule has 1 aromatic heterocycles. The Hall–Kier alpha value is -2.43. The summed E-state index contributed by atoms with van der Waals surface area (Å²) in [5, 5.41) is 0. The fourth-order valence-corrected chi connectivity index (χ4v) is 3.59. The lowest BCUT2D eigenvalue weighted by atomic mass is 9.90. The lowest BCUT2D eigenvalue weighted by molar-refractivity contribution is 0.0689. The van der Waals surface area contributed by atoms with Gasteiger partial charge in [0, 0.05) is 39.1 Å². The van der Waals surface area contributed by atoms with Gasteiger partial charge < -0.3 is 9.80 Å². The van der Waals surface area contributed by atoms with Crippen LogP contribution in [0.1, 0.15) is 48.5 Å². The number of aromatic nitrogens is 2. The summed E-state index contributed by atoms with van der Waals surface area (Å²) in [6.45, 7) is 4.72. The van der Waals surface area contributed by atoms with Crippen LogP contribution in [0, 0.1) is 5.92 Å². The number of piperidine rings is 1. The van der Waals surface area contributed by atoms with Crippen LogP contribution in [0.2, 0.25) is 0 Å². The first-order valence-electron chi connectivity index (χ1n) is 10.0. The SMILES string of the molecule is CCCCN(C)c1ncc(C(=O)N2CCC(Cc3ccccc3)CC2)cn1. The molecule has 0 aliphatic carbocycles. The molecule has 144 valence electrons. The molecule has 0 radical (unpaired) electrons. The normalized spacial score (nSPS) is 15.0. The first kappa shape index (κ1) is 19.3. The molecule has 27 heavy (non-hydrogen) atoms. The van der Waals surface area contributed by atoms with Gasteiger partial charge in [0.05, 0.1) is 5.56 Å². The zero-order valence-electron chi connectivity index (χ0n) is 16.5. The van der Waals surface area contributed by atoms with Gasteiger partial charge in [0.25, 0.3) is 5.91 Å². The van der Waals surface area contributed by atoms with E-state index in [1.165, 1.54) is 5.56 Å². The molecular weight excluding hydrogens is 336 g/mol. The first-order valence-corrected chi connectivity index (χ1v) is 10.0. The van der Waals surface area contributed by atoms with Gasteiger partial charge in [0.1, 0.15) is 0 Å². The third-order valence-electron chi connectivity index (χ3n) is 5.34. The average molecular weight is 367 g/mol. The van der Waals surface area contributed by atoms with Crippen LogP contribution < -0.4 is 4.90 Å². The molecule has 5 heteroatoms. The van der Waals surface area contributed by atoms with Gasteiger partial charge in [-0.2, -0.15) is 0 Å². The number of unbranched alkanes of at least 4 members (excludes halogenated alkanes) is 1. The molecule has 2 aromatic rings. The van der Waals surface area contributed by atoms with E-state index < -0.39 is 0 Å². The summed E-state index contributed by atoms with van der Waals surface area (Å²) in [5.41, 5.74) is 1.97. The Bertz CT molecular complexity index is 709. The molecule has 3 rings (SSSR count). The van der Waals surface area contributed by atoms with Crippen molar-refractivity contribution in [1.29, 1.82) is 0 Å². The summed E-state index contributed by atoms with van der Waals surface area (Å²) in [6, 6.07) is 10.6. The van der Waals surface area contributed by atoms with Crippen molar-refractivity contribution in [2.75, 3.05) is 31.6 Å². The highest BCUT2D eigenvalue weighted by molar-refractivity contribution is 5.93. The van der Waals surface area contributed by atoms with Crippen molar-refractivity contribution in [3.8, 4) is 0 Å². The fraction of sp³-hybridized carbons (Fsp3) is 0.500. The van der Waals surface area contributed by atoms with Crippen LogP contribution in [-0.2, 0) is 6.42 Å². The predicted molar refractivity (Wildman–Crippen MR) is 109 cm³/mol. The maximum absolute atomic E-state index is 12.8. The molecule has 0 N–H and O–H groups in total. The van der Waals surface area contributed by atoms with E-state index in [1.54, 1.807) is 12.4 Å². The third-order valence-corrected chi connectivity index (χ3v) is 5.34. The smallest absolute Gasteiger partial charge is 0.256 e. The van der Waals surface area contributed by atoms with Crippen LogP contribution in [0.25, 0.3) is 0 Å². The number of hydrogen-bond acceptors (Lipinski definition) is 4. The molecule has 1 aromatic carbocycles. The van der Waals surface area contributed by atoms with Gasteiger partial charge in [-0.05, 0) is 37.2 Å². The molecule has 1 fully saturated rings. The summed E-state index contributed by atoms with van der Waals surface area (Å²) in [5.74, 6) is 1.39. The van der Waals surface area contributed by atoms with Crippen molar-refractivity contribution in [2.24, 2.45) is 5.92 Å². The van der Waals surface area contributed by atoms with E-state index in [1.807, 2.05) is 16.8 Å². The Balaban J connectivity index is 1.51. The summed E-state index contributed by atoms with van der Waals surface area (Å²) in [4.78, 5) is 25.5. The van der Waals surface area contributed by atoms with Gasteiger partial charge in [-0.15, -0.1) is 0 Å². The molecule has 0 spiro atoms. The number of likely N-dealkylation sites (tertiary alicyclic amines) is 1. The minimum absolute atomic E-state index is 0.0518. The molecule has 2 heterocycles. The van der Waals surface area contributed by atoms with E-state index in [9.17, 15) is 4.79 Å². The molecule has 0 bridgehead atoms. The van der Waals surface area contributed by atoms with Crippen molar-refractivity contribution in [3.63, 3.8) is 0 Å². The lowest BCUT2D eigenvalue weighted by Crippen LogP contribution is -2.39. The predicted octanol–water partition coefficient (Wildman–Crippen LogP) is 3.81. The maximum Gasteiger partial charge on any atom is 0.256 e. The Morgan fingerprint density at radius 1 is 1.15 bits per heavy atom. The van der Waals surface area contributed by atoms with Crippen molar-refractivity contribution in [2.45, 2.75) is 39.0 Å². The molecule has 1 aliphatic rings. The molecule has 0 saturated carbocycles. The van der Waals surface area contributed by atoms with E-state index in [-0.39, 0.29) is 5.91 Å². The van der Waals surface area contributed by atoms with Gasteiger partial charge >= 0.3 is 0 Å². The van der Waals surface area contributed by atoms with E-state index in [0.717, 1.165) is 51.7 Å². The Labute approximate surface area is 162 Å². The van der Waals surface area contributed by atoms with Gasteiger partial charge in [-0.25, -0.2) is 9.97 Å². The Kier molecular flexibility index (Phi) is 6.80. The second-order valence-corrected chi connectivity index (χ2v) is 7.47. The standard InChI is InChI=1S/C22H30N4O/c1-3-4-12-25(2)22-23-16-20(17-24-22)21(27)26-13-10-19(11-14-26)15-18-8-6-5-7-9-18/h5-9,16-17,19H,3-4,10-15H2,1-2H3. The van der Waals surface area contributed by atoms with E-state index in [2.05, 4.69) is 47.2 Å². The number of amides is 1. The fourth-order valence-electron chi connectivity index (χ4n) is 3.59. The van der Waals surface area contributed by atoms with Crippen LogP contribution in [-0.4, -0.2) is 47.5 Å². The van der Waals surface area contributed by atoms with Gasteiger partial charge in [-0.1, -0.05) is 43.7 Å². The van der Waals surface area contributed by atoms with Gasteiger partial charge in [-0.3, -0.25) is 4.79 Å². The highest BCUT2D eigenvalue weighted by Crippen LogP contribution is 2.22. The number of nitrogens with zero attached hydrogens (tertiary/aromatic N) is 4. The Morgan fingerprint density at radius 3 is 2.44 bits per heavy atom. The zero-order chi connectivity index (χ0) is 19.1. The summed E-state index contributed by atoms with van der Waals surface area (Å²) in [6.07, 6.45) is 8.80. The first-order chi connectivity index (χ1) is 13.2. The van der Waals surface area contributed by atoms with Crippen molar-refractivity contribution >= 4 is 11.9 Å². The molecule has 5 nitrogen and oxygen atoms in total. The van der Waals surface area contributed by atoms with Crippen LogP contribution in [0.3, 0.4) is 0 Å². The van der Waals surface area contributed by atoms with Crippen LogP contribution >= 0.6 is 0 Å². The van der Waals surface area contributed by atoms with Crippen molar-refractivity contribution < 1.29 is 4.79 Å². The van der Waals surface area contributed by atoms with E-state index in [4.69, 9.17) is 0 Å². The van der Waals surface area contributed by atoms with Gasteiger partial charge in [0.15, 0.2) is 0 Å². The van der Waals surface area contributed by atoms with Crippen LogP contribution in [0.4, 0.5) is 5.95 Å². The summed E-state index contributed by atoms with van der Waals surface area (Å²) >= 11 is 0. The van der Waals surface area contributed by atoms with E-state index >= 15 is 0 Å². The van der Waals surface area contributed by atoms with Crippen molar-refractivity contribution in [3.05, 3.63) is 53.9 Å². The second kappa shape index (κ2) is 9.49. The second-order valence-electron chi connectivity index (χ2n) is 7.47. The van der Waals surface area contributed by atoms with Crippen LogP contribution in [0.15, 0.2) is 42.7 Å². The molecule has 1 aliphatic heterocycles. The van der Waals surface area contributed by atoms with Crippen molar-refractivity contribution in [1.82, 2.24) is 14.9 Å². The largest absolute Gasteiger partial charge is 0.344 e. The summed E-state index contributed by atoms with van der Waals surface area (Å²) in [7, 11) is 1.99. The summed E-state index contributed by atoms with van der Waals surface area (Å²) < 4.78 is 0. The molecule has 1 saturated heterocycles. The zero-order valence-corrected chi connectivity index (χ0v) is 16.5. The highest BCUT2D eigenvalue weighted by atomic mass is 16.2. The van der Waals surface area contributed by atoms with Gasteiger partial charge in [0.2, 0.25) is 5.95 Å². The molecule has 1 amide bonds.